The smallest absolute Gasteiger partial charge is 0.193 e. The lowest BCUT2D eigenvalue weighted by atomic mass is 9.95. The van der Waals surface area contributed by atoms with E-state index in [0.29, 0.717) is 0 Å². The summed E-state index contributed by atoms with van der Waals surface area (Å²) in [4.78, 5) is 12.5. The van der Waals surface area contributed by atoms with Crippen molar-refractivity contribution in [2.24, 2.45) is 0 Å². The van der Waals surface area contributed by atoms with Crippen LogP contribution in [0.2, 0.25) is 0 Å². The SMILES string of the molecule is CCc1ccccc1C(=O)c1cc(C)cc(C)c1. The Morgan fingerprint density at radius 3 is 2.22 bits per heavy atom. The molecule has 1 heteroatoms. The number of hydrogen-bond donors (Lipinski definition) is 0. The molecule has 0 bridgehead atoms. The molecule has 0 amide bonds. The highest BCUT2D eigenvalue weighted by Crippen LogP contribution is 2.17. The number of aryl methyl sites for hydroxylation is 3. The summed E-state index contributed by atoms with van der Waals surface area (Å²) in [5, 5.41) is 0. The molecule has 0 radical (unpaired) electrons. The molecule has 0 aliphatic rings. The van der Waals surface area contributed by atoms with Gasteiger partial charge in [-0.1, -0.05) is 48.4 Å². The van der Waals surface area contributed by atoms with Gasteiger partial charge in [0.25, 0.3) is 0 Å². The van der Waals surface area contributed by atoms with E-state index in [4.69, 9.17) is 0 Å². The van der Waals surface area contributed by atoms with Crippen LogP contribution in [0.15, 0.2) is 42.5 Å². The monoisotopic (exact) mass is 238 g/mol. The van der Waals surface area contributed by atoms with Crippen LogP contribution in [-0.4, -0.2) is 5.78 Å². The van der Waals surface area contributed by atoms with Gasteiger partial charge in [-0.3, -0.25) is 4.79 Å². The van der Waals surface area contributed by atoms with Gasteiger partial charge in [-0.15, -0.1) is 0 Å². The van der Waals surface area contributed by atoms with Gasteiger partial charge < -0.3 is 0 Å². The highest BCUT2D eigenvalue weighted by atomic mass is 16.1. The average molecular weight is 238 g/mol. The molecule has 0 heterocycles. The molecule has 2 aromatic rings. The van der Waals surface area contributed by atoms with Crippen LogP contribution < -0.4 is 0 Å². The molecule has 0 saturated heterocycles. The lowest BCUT2D eigenvalue weighted by molar-refractivity contribution is 0.103. The molecular weight excluding hydrogens is 220 g/mol. The van der Waals surface area contributed by atoms with E-state index in [2.05, 4.69) is 13.0 Å². The number of benzene rings is 2. The van der Waals surface area contributed by atoms with Crippen LogP contribution in [0.25, 0.3) is 0 Å². The molecule has 0 saturated carbocycles. The first-order chi connectivity index (χ1) is 8.61. The van der Waals surface area contributed by atoms with Gasteiger partial charge in [0.05, 0.1) is 0 Å². The fraction of sp³-hybridized carbons (Fsp3) is 0.235. The topological polar surface area (TPSA) is 17.1 Å². The summed E-state index contributed by atoms with van der Waals surface area (Å²) in [6.45, 7) is 6.12. The lowest BCUT2D eigenvalue weighted by Gasteiger charge is -2.08. The summed E-state index contributed by atoms with van der Waals surface area (Å²) >= 11 is 0. The number of carbonyl (C=O) groups excluding carboxylic acids is 1. The van der Waals surface area contributed by atoms with Crippen molar-refractivity contribution >= 4 is 5.78 Å². The van der Waals surface area contributed by atoms with Crippen LogP contribution in [0.3, 0.4) is 0 Å². The molecule has 2 rings (SSSR count). The molecule has 92 valence electrons. The molecule has 0 aliphatic heterocycles. The van der Waals surface area contributed by atoms with E-state index in [-0.39, 0.29) is 5.78 Å². The van der Waals surface area contributed by atoms with Crippen molar-refractivity contribution in [1.29, 1.82) is 0 Å². The number of carbonyl (C=O) groups is 1. The Balaban J connectivity index is 2.47. The number of ketones is 1. The third kappa shape index (κ3) is 2.51. The van der Waals surface area contributed by atoms with E-state index in [1.165, 1.54) is 0 Å². The molecule has 2 aromatic carbocycles. The van der Waals surface area contributed by atoms with Crippen LogP contribution >= 0.6 is 0 Å². The van der Waals surface area contributed by atoms with Crippen molar-refractivity contribution in [3.8, 4) is 0 Å². The van der Waals surface area contributed by atoms with E-state index in [0.717, 1.165) is 34.2 Å². The van der Waals surface area contributed by atoms with E-state index < -0.39 is 0 Å². The molecular formula is C17H18O. The third-order valence-electron chi connectivity index (χ3n) is 3.13. The van der Waals surface area contributed by atoms with Gasteiger partial charge >= 0.3 is 0 Å². The van der Waals surface area contributed by atoms with Crippen LogP contribution in [0, 0.1) is 13.8 Å². The Morgan fingerprint density at radius 2 is 1.61 bits per heavy atom. The van der Waals surface area contributed by atoms with Crippen molar-refractivity contribution < 1.29 is 4.79 Å². The summed E-state index contributed by atoms with van der Waals surface area (Å²) in [7, 11) is 0. The highest BCUT2D eigenvalue weighted by molar-refractivity contribution is 6.10. The Labute approximate surface area is 108 Å². The first kappa shape index (κ1) is 12.6. The van der Waals surface area contributed by atoms with Crippen LogP contribution in [0.5, 0.6) is 0 Å². The van der Waals surface area contributed by atoms with Gasteiger partial charge in [0, 0.05) is 11.1 Å². The van der Waals surface area contributed by atoms with Gasteiger partial charge in [-0.25, -0.2) is 0 Å². The molecule has 0 aromatic heterocycles. The van der Waals surface area contributed by atoms with E-state index in [1.807, 2.05) is 50.2 Å². The van der Waals surface area contributed by atoms with Gasteiger partial charge in [-0.05, 0) is 38.0 Å². The largest absolute Gasteiger partial charge is 0.289 e. The van der Waals surface area contributed by atoms with Crippen molar-refractivity contribution in [3.05, 3.63) is 70.3 Å². The van der Waals surface area contributed by atoms with Crippen molar-refractivity contribution in [2.75, 3.05) is 0 Å². The first-order valence-electron chi connectivity index (χ1n) is 6.32. The molecule has 0 N–H and O–H groups in total. The molecule has 18 heavy (non-hydrogen) atoms. The molecule has 0 unspecified atom stereocenters. The second kappa shape index (κ2) is 5.18. The Kier molecular flexibility index (Phi) is 3.61. The Morgan fingerprint density at radius 1 is 1.00 bits per heavy atom. The fourth-order valence-corrected chi connectivity index (χ4v) is 2.31. The van der Waals surface area contributed by atoms with Gasteiger partial charge in [0.1, 0.15) is 0 Å². The van der Waals surface area contributed by atoms with Gasteiger partial charge in [-0.2, -0.15) is 0 Å². The fourth-order valence-electron chi connectivity index (χ4n) is 2.31. The summed E-state index contributed by atoms with van der Waals surface area (Å²) in [6.07, 6.45) is 0.882. The normalized spacial score (nSPS) is 10.4. The second-order valence-corrected chi connectivity index (χ2v) is 4.72. The summed E-state index contributed by atoms with van der Waals surface area (Å²) < 4.78 is 0. The summed E-state index contributed by atoms with van der Waals surface area (Å²) in [5.74, 6) is 0.124. The third-order valence-corrected chi connectivity index (χ3v) is 3.13. The summed E-state index contributed by atoms with van der Waals surface area (Å²) in [5.41, 5.74) is 4.99. The minimum Gasteiger partial charge on any atom is -0.289 e. The quantitative estimate of drug-likeness (QED) is 0.736. The van der Waals surface area contributed by atoms with Crippen LogP contribution in [-0.2, 0) is 6.42 Å². The Hall–Kier alpha value is -1.89. The van der Waals surface area contributed by atoms with E-state index in [1.54, 1.807) is 0 Å². The molecule has 0 aliphatic carbocycles. The molecule has 1 nitrogen and oxygen atoms in total. The van der Waals surface area contributed by atoms with Crippen molar-refractivity contribution in [1.82, 2.24) is 0 Å². The standard InChI is InChI=1S/C17H18O/c1-4-14-7-5-6-8-16(14)17(18)15-10-12(2)9-13(3)11-15/h5-11H,4H2,1-3H3. The minimum absolute atomic E-state index is 0.124. The minimum atomic E-state index is 0.124. The van der Waals surface area contributed by atoms with E-state index >= 15 is 0 Å². The number of rotatable bonds is 3. The zero-order valence-electron chi connectivity index (χ0n) is 11.2. The maximum atomic E-state index is 12.5. The predicted molar refractivity (Wildman–Crippen MR) is 75.2 cm³/mol. The summed E-state index contributed by atoms with van der Waals surface area (Å²) in [6, 6.07) is 13.9. The Bertz CT molecular complexity index is 562. The number of hydrogen-bond acceptors (Lipinski definition) is 1. The molecule has 0 atom stereocenters. The maximum Gasteiger partial charge on any atom is 0.193 e. The van der Waals surface area contributed by atoms with Gasteiger partial charge in [0.15, 0.2) is 5.78 Å². The van der Waals surface area contributed by atoms with Crippen molar-refractivity contribution in [2.45, 2.75) is 27.2 Å². The molecule has 0 fully saturated rings. The predicted octanol–water partition coefficient (Wildman–Crippen LogP) is 4.10. The van der Waals surface area contributed by atoms with E-state index in [9.17, 15) is 4.79 Å². The maximum absolute atomic E-state index is 12.5. The average Bonchev–Trinajstić information content (AvgIpc) is 2.36. The highest BCUT2D eigenvalue weighted by Gasteiger charge is 2.12. The molecule has 0 spiro atoms. The first-order valence-corrected chi connectivity index (χ1v) is 6.32. The zero-order valence-corrected chi connectivity index (χ0v) is 11.2. The zero-order chi connectivity index (χ0) is 13.1. The van der Waals surface area contributed by atoms with Crippen LogP contribution in [0.1, 0.15) is 39.5 Å². The van der Waals surface area contributed by atoms with Crippen LogP contribution in [0.4, 0.5) is 0 Å². The second-order valence-electron chi connectivity index (χ2n) is 4.72. The van der Waals surface area contributed by atoms with Crippen molar-refractivity contribution in [3.63, 3.8) is 0 Å². The van der Waals surface area contributed by atoms with Gasteiger partial charge in [0.2, 0.25) is 0 Å². The lowest BCUT2D eigenvalue weighted by Crippen LogP contribution is -2.05.